The van der Waals surface area contributed by atoms with E-state index in [9.17, 15) is 4.79 Å². The highest BCUT2D eigenvalue weighted by molar-refractivity contribution is 5.88. The molecule has 1 aromatic heterocycles. The van der Waals surface area contributed by atoms with E-state index in [2.05, 4.69) is 77.0 Å². The minimum Gasteiger partial charge on any atom is -0.459 e. The first kappa shape index (κ1) is 23.5. The average Bonchev–Trinajstić information content (AvgIpc) is 3.10. The van der Waals surface area contributed by atoms with E-state index in [0.717, 1.165) is 41.8 Å². The lowest BCUT2D eigenvalue weighted by Crippen LogP contribution is -2.30. The van der Waals surface area contributed by atoms with Gasteiger partial charge in [0.2, 0.25) is 0 Å². The molecule has 0 N–H and O–H groups in total. The average molecular weight is 432 g/mol. The number of rotatable bonds is 8. The van der Waals surface area contributed by atoms with Crippen molar-refractivity contribution in [3.05, 3.63) is 88.5 Å². The summed E-state index contributed by atoms with van der Waals surface area (Å²) in [5, 5.41) is 0. The van der Waals surface area contributed by atoms with Crippen LogP contribution < -0.4 is 4.57 Å². The molecule has 0 spiro atoms. The Morgan fingerprint density at radius 3 is 2.06 bits per heavy atom. The second kappa shape index (κ2) is 9.99. The summed E-state index contributed by atoms with van der Waals surface area (Å²) in [6, 6.07) is 8.65. The van der Waals surface area contributed by atoms with Crippen LogP contribution in [0.25, 0.3) is 11.4 Å². The maximum Gasteiger partial charge on any atom is 0.382 e. The summed E-state index contributed by atoms with van der Waals surface area (Å²) in [4.78, 5) is 13.2. The van der Waals surface area contributed by atoms with Gasteiger partial charge in [-0.05, 0) is 83.1 Å². The first-order chi connectivity index (χ1) is 15.2. The van der Waals surface area contributed by atoms with Gasteiger partial charge >= 0.3 is 5.97 Å². The van der Waals surface area contributed by atoms with Crippen LogP contribution in [-0.4, -0.2) is 17.1 Å². The van der Waals surface area contributed by atoms with Gasteiger partial charge in [0.1, 0.15) is 11.4 Å². The van der Waals surface area contributed by atoms with Gasteiger partial charge in [-0.2, -0.15) is 4.57 Å². The Bertz CT molecular complexity index is 1110. The third-order valence-corrected chi connectivity index (χ3v) is 5.78. The summed E-state index contributed by atoms with van der Waals surface area (Å²) in [6.45, 7) is 16.8. The van der Waals surface area contributed by atoms with Crippen molar-refractivity contribution in [1.29, 1.82) is 0 Å². The van der Waals surface area contributed by atoms with Crippen molar-refractivity contribution in [2.45, 2.75) is 60.8 Å². The molecule has 0 aliphatic rings. The molecule has 4 heteroatoms. The predicted molar refractivity (Wildman–Crippen MR) is 130 cm³/mol. The van der Waals surface area contributed by atoms with E-state index in [1.165, 1.54) is 22.3 Å². The molecule has 0 bridgehead atoms. The van der Waals surface area contributed by atoms with Gasteiger partial charge in [-0.15, -0.1) is 6.58 Å². The molecule has 0 unspecified atom stereocenters. The molecule has 0 aliphatic heterocycles. The van der Waals surface area contributed by atoms with E-state index in [1.807, 2.05) is 23.2 Å². The summed E-state index contributed by atoms with van der Waals surface area (Å²) in [7, 11) is 0. The van der Waals surface area contributed by atoms with Gasteiger partial charge in [-0.25, -0.2) is 9.36 Å². The molecule has 0 fully saturated rings. The van der Waals surface area contributed by atoms with Gasteiger partial charge in [0.25, 0.3) is 12.0 Å². The molecule has 32 heavy (non-hydrogen) atoms. The van der Waals surface area contributed by atoms with Crippen molar-refractivity contribution >= 4 is 5.97 Å². The first-order valence-corrected chi connectivity index (χ1v) is 11.3. The monoisotopic (exact) mass is 431 g/mol. The van der Waals surface area contributed by atoms with E-state index < -0.39 is 0 Å². The van der Waals surface area contributed by atoms with Crippen LogP contribution >= 0.6 is 0 Å². The lowest BCUT2D eigenvalue weighted by molar-refractivity contribution is -0.595. The Balaban J connectivity index is 2.09. The molecule has 168 valence electrons. The fourth-order valence-corrected chi connectivity index (χ4v) is 4.63. The Kier molecular flexibility index (Phi) is 7.34. The largest absolute Gasteiger partial charge is 0.459 e. The van der Waals surface area contributed by atoms with Crippen molar-refractivity contribution in [3.63, 3.8) is 0 Å². The third-order valence-electron chi connectivity index (χ3n) is 5.78. The highest BCUT2D eigenvalue weighted by Gasteiger charge is 2.28. The van der Waals surface area contributed by atoms with Gasteiger partial charge in [-0.1, -0.05) is 41.5 Å². The molecule has 4 nitrogen and oxygen atoms in total. The Morgan fingerprint density at radius 2 is 1.50 bits per heavy atom. The summed E-state index contributed by atoms with van der Waals surface area (Å²) in [6.07, 6.45) is 8.53. The van der Waals surface area contributed by atoms with Crippen molar-refractivity contribution in [3.8, 4) is 11.4 Å². The van der Waals surface area contributed by atoms with Gasteiger partial charge in [0, 0.05) is 0 Å². The molecule has 0 saturated heterocycles. The maximum atomic E-state index is 13.2. The van der Waals surface area contributed by atoms with E-state index in [1.54, 1.807) is 0 Å². The fourth-order valence-electron chi connectivity index (χ4n) is 4.63. The molecule has 3 rings (SSSR count). The predicted octanol–water partition coefficient (Wildman–Crippen LogP) is 6.12. The molecule has 0 radical (unpaired) electrons. The zero-order valence-electron chi connectivity index (χ0n) is 20.3. The molecule has 0 saturated carbocycles. The standard InChI is InChI=1S/C28H35N2O2/c1-8-9-10-11-12-32-28(31)25-17-29(26-21(4)13-19(2)14-22(26)5)18-30(25)27-23(6)15-20(3)16-24(27)7/h8,13-18H,1,9-12H2,2-7H3/q+1. The van der Waals surface area contributed by atoms with Crippen LogP contribution in [0.5, 0.6) is 0 Å². The number of aryl methyl sites for hydroxylation is 6. The van der Waals surface area contributed by atoms with Crippen LogP contribution in [0.15, 0.2) is 49.4 Å². The van der Waals surface area contributed by atoms with Crippen LogP contribution in [0, 0.1) is 41.5 Å². The van der Waals surface area contributed by atoms with E-state index in [0.29, 0.717) is 12.3 Å². The SMILES string of the molecule is C=CCCCCOC(=O)c1c[n+](-c2c(C)cc(C)cc2C)cn1-c1c(C)cc(C)cc1C. The van der Waals surface area contributed by atoms with Crippen LogP contribution in [-0.2, 0) is 4.74 Å². The van der Waals surface area contributed by atoms with E-state index in [4.69, 9.17) is 4.74 Å². The van der Waals surface area contributed by atoms with Crippen LogP contribution in [0.1, 0.15) is 63.1 Å². The normalized spacial score (nSPS) is 10.9. The minimum atomic E-state index is -0.302. The first-order valence-electron chi connectivity index (χ1n) is 11.3. The fraction of sp³-hybridized carbons (Fsp3) is 0.357. The van der Waals surface area contributed by atoms with Crippen molar-refractivity contribution < 1.29 is 14.1 Å². The minimum absolute atomic E-state index is 0.302. The number of esters is 1. The number of imidazole rings is 1. The lowest BCUT2D eigenvalue weighted by Gasteiger charge is -2.10. The highest BCUT2D eigenvalue weighted by Crippen LogP contribution is 2.24. The number of benzene rings is 2. The maximum absolute atomic E-state index is 13.2. The van der Waals surface area contributed by atoms with Crippen molar-refractivity contribution in [2.75, 3.05) is 6.61 Å². The Morgan fingerprint density at radius 1 is 0.938 bits per heavy atom. The number of ether oxygens (including phenoxy) is 1. The van der Waals surface area contributed by atoms with E-state index >= 15 is 0 Å². The Hall–Kier alpha value is -3.14. The molecule has 0 atom stereocenters. The number of hydrogen-bond donors (Lipinski definition) is 0. The van der Waals surface area contributed by atoms with E-state index in [-0.39, 0.29) is 5.97 Å². The van der Waals surface area contributed by atoms with Crippen LogP contribution in [0.2, 0.25) is 0 Å². The quantitative estimate of drug-likeness (QED) is 0.186. The van der Waals surface area contributed by atoms with Crippen molar-refractivity contribution in [1.82, 2.24) is 4.57 Å². The number of nitrogens with zero attached hydrogens (tertiary/aromatic N) is 2. The summed E-state index contributed by atoms with van der Waals surface area (Å²) < 4.78 is 9.70. The second-order valence-corrected chi connectivity index (χ2v) is 8.82. The molecular formula is C28H35N2O2+. The van der Waals surface area contributed by atoms with Crippen LogP contribution in [0.3, 0.4) is 0 Å². The molecule has 0 aliphatic carbocycles. The number of carbonyl (C=O) groups is 1. The summed E-state index contributed by atoms with van der Waals surface area (Å²) >= 11 is 0. The van der Waals surface area contributed by atoms with Gasteiger partial charge < -0.3 is 4.74 Å². The van der Waals surface area contributed by atoms with Crippen molar-refractivity contribution in [2.24, 2.45) is 0 Å². The number of allylic oxidation sites excluding steroid dienone is 1. The van der Waals surface area contributed by atoms with Gasteiger partial charge in [-0.3, -0.25) is 0 Å². The lowest BCUT2D eigenvalue weighted by atomic mass is 10.0. The smallest absolute Gasteiger partial charge is 0.382 e. The van der Waals surface area contributed by atoms with Gasteiger partial charge in [0.05, 0.1) is 6.61 Å². The number of aromatic nitrogens is 2. The summed E-state index contributed by atoms with van der Waals surface area (Å²) in [5.41, 5.74) is 9.69. The van der Waals surface area contributed by atoms with Gasteiger partial charge in [0.15, 0.2) is 6.20 Å². The molecular weight excluding hydrogens is 396 g/mol. The zero-order valence-corrected chi connectivity index (χ0v) is 20.3. The van der Waals surface area contributed by atoms with Crippen LogP contribution in [0.4, 0.5) is 0 Å². The topological polar surface area (TPSA) is 35.1 Å². The molecule has 2 aromatic carbocycles. The number of carbonyl (C=O) groups excluding carboxylic acids is 1. The molecule has 3 aromatic rings. The zero-order chi connectivity index (χ0) is 23.4. The second-order valence-electron chi connectivity index (χ2n) is 8.82. The third kappa shape index (κ3) is 5.01. The molecule has 1 heterocycles. The number of unbranched alkanes of at least 4 members (excludes halogenated alkanes) is 2. The highest BCUT2D eigenvalue weighted by atomic mass is 16.5. The number of hydrogen-bond acceptors (Lipinski definition) is 2. The Labute approximate surface area is 192 Å². The summed E-state index contributed by atoms with van der Waals surface area (Å²) in [5.74, 6) is -0.302. The molecule has 0 amide bonds.